The van der Waals surface area contributed by atoms with E-state index < -0.39 is 4.92 Å². The molecule has 0 saturated carbocycles. The van der Waals surface area contributed by atoms with E-state index in [4.69, 9.17) is 0 Å². The number of hydrogen-bond acceptors (Lipinski definition) is 3. The van der Waals surface area contributed by atoms with Gasteiger partial charge in [-0.2, -0.15) is 0 Å². The highest BCUT2D eigenvalue weighted by Crippen LogP contribution is 2.17. The van der Waals surface area contributed by atoms with Crippen LogP contribution in [0.4, 0.5) is 5.82 Å². The van der Waals surface area contributed by atoms with Gasteiger partial charge in [0, 0.05) is 6.07 Å². The smallest absolute Gasteiger partial charge is 0.358 e. The summed E-state index contributed by atoms with van der Waals surface area (Å²) in [7, 11) is 0. The van der Waals surface area contributed by atoms with E-state index >= 15 is 0 Å². The van der Waals surface area contributed by atoms with Gasteiger partial charge in [0.05, 0.1) is 4.47 Å². The van der Waals surface area contributed by atoms with Crippen LogP contribution in [0.2, 0.25) is 0 Å². The first-order chi connectivity index (χ1) is 5.11. The van der Waals surface area contributed by atoms with Gasteiger partial charge >= 0.3 is 5.82 Å². The van der Waals surface area contributed by atoms with Crippen LogP contribution in [0, 0.1) is 17.0 Å². The van der Waals surface area contributed by atoms with Gasteiger partial charge in [-0.3, -0.25) is 0 Å². The fraction of sp³-hybridized carbons (Fsp3) is 0.167. The maximum absolute atomic E-state index is 10.2. The van der Waals surface area contributed by atoms with Crippen LogP contribution in [0.15, 0.2) is 16.7 Å². The summed E-state index contributed by atoms with van der Waals surface area (Å²) in [6, 6.07) is 1.42. The van der Waals surface area contributed by atoms with Crippen LogP contribution in [-0.2, 0) is 0 Å². The molecule has 5 heteroatoms. The second-order valence-electron chi connectivity index (χ2n) is 2.05. The SMILES string of the molecule is Cc1cc([N+](=O)[O-])ncc1Br. The standard InChI is InChI=1S/C6H5BrN2O2/c1-4-2-6(9(10)11)8-3-5(4)7/h2-3H,1H3. The van der Waals surface area contributed by atoms with Gasteiger partial charge in [-0.25, -0.2) is 0 Å². The minimum Gasteiger partial charge on any atom is -0.358 e. The van der Waals surface area contributed by atoms with E-state index in [1.165, 1.54) is 12.3 Å². The van der Waals surface area contributed by atoms with Crippen molar-refractivity contribution in [3.05, 3.63) is 32.4 Å². The van der Waals surface area contributed by atoms with E-state index in [1.54, 1.807) is 6.92 Å². The molecule has 0 radical (unpaired) electrons. The summed E-state index contributed by atoms with van der Waals surface area (Å²) >= 11 is 3.19. The quantitative estimate of drug-likeness (QED) is 0.534. The molecule has 0 aliphatic heterocycles. The maximum atomic E-state index is 10.2. The Bertz CT molecular complexity index is 301. The van der Waals surface area contributed by atoms with Crippen molar-refractivity contribution in [3.8, 4) is 0 Å². The molecule has 58 valence electrons. The first-order valence-electron chi connectivity index (χ1n) is 2.88. The molecule has 0 unspecified atom stereocenters. The molecule has 0 fully saturated rings. The summed E-state index contributed by atoms with van der Waals surface area (Å²) in [5, 5.41) is 10.2. The van der Waals surface area contributed by atoms with Crippen molar-refractivity contribution in [3.63, 3.8) is 0 Å². The second-order valence-corrected chi connectivity index (χ2v) is 2.90. The minimum absolute atomic E-state index is 0.120. The average Bonchev–Trinajstić information content (AvgIpc) is 1.94. The lowest BCUT2D eigenvalue weighted by Gasteiger charge is -1.94. The van der Waals surface area contributed by atoms with E-state index in [-0.39, 0.29) is 5.82 Å². The number of rotatable bonds is 1. The largest absolute Gasteiger partial charge is 0.363 e. The zero-order valence-corrected chi connectivity index (χ0v) is 7.33. The van der Waals surface area contributed by atoms with E-state index in [2.05, 4.69) is 20.9 Å². The highest BCUT2D eigenvalue weighted by Gasteiger charge is 2.07. The van der Waals surface area contributed by atoms with Crippen LogP contribution < -0.4 is 0 Å². The number of pyridine rings is 1. The summed E-state index contributed by atoms with van der Waals surface area (Å²) in [5.41, 5.74) is 0.812. The third kappa shape index (κ3) is 1.74. The summed E-state index contributed by atoms with van der Waals surface area (Å²) < 4.78 is 0.781. The third-order valence-corrected chi connectivity index (χ3v) is 2.05. The molecule has 1 aromatic rings. The molecule has 0 N–H and O–H groups in total. The predicted molar refractivity (Wildman–Crippen MR) is 43.3 cm³/mol. The fourth-order valence-corrected chi connectivity index (χ4v) is 0.841. The highest BCUT2D eigenvalue weighted by molar-refractivity contribution is 9.10. The topological polar surface area (TPSA) is 56.0 Å². The van der Waals surface area contributed by atoms with Crippen molar-refractivity contribution in [2.24, 2.45) is 0 Å². The van der Waals surface area contributed by atoms with Crippen molar-refractivity contribution in [2.45, 2.75) is 6.92 Å². The summed E-state index contributed by atoms with van der Waals surface area (Å²) in [6.45, 7) is 1.78. The molecule has 11 heavy (non-hydrogen) atoms. The Hall–Kier alpha value is -0.970. The maximum Gasteiger partial charge on any atom is 0.363 e. The molecule has 0 spiro atoms. The van der Waals surface area contributed by atoms with Crippen LogP contribution >= 0.6 is 15.9 Å². The lowest BCUT2D eigenvalue weighted by Crippen LogP contribution is -1.92. The molecule has 0 aliphatic rings. The number of nitrogens with zero attached hydrogens (tertiary/aromatic N) is 2. The van der Waals surface area contributed by atoms with Crippen LogP contribution in [0.3, 0.4) is 0 Å². The predicted octanol–water partition coefficient (Wildman–Crippen LogP) is 2.06. The number of aryl methyl sites for hydroxylation is 1. The molecule has 4 nitrogen and oxygen atoms in total. The summed E-state index contributed by atoms with van der Waals surface area (Å²) in [5.74, 6) is -0.120. The van der Waals surface area contributed by atoms with Gasteiger partial charge in [0.15, 0.2) is 6.20 Å². The molecular weight excluding hydrogens is 212 g/mol. The molecule has 1 rings (SSSR count). The number of nitro groups is 1. The van der Waals surface area contributed by atoms with Gasteiger partial charge < -0.3 is 10.1 Å². The van der Waals surface area contributed by atoms with E-state index in [1.807, 2.05) is 0 Å². The Balaban J connectivity index is 3.15. The zero-order valence-electron chi connectivity index (χ0n) is 5.74. The molecule has 1 aromatic heterocycles. The molecule has 0 atom stereocenters. The van der Waals surface area contributed by atoms with Crippen molar-refractivity contribution < 1.29 is 4.92 Å². The molecule has 0 saturated heterocycles. The number of halogens is 1. The Morgan fingerprint density at radius 3 is 2.82 bits per heavy atom. The van der Waals surface area contributed by atoms with Crippen LogP contribution in [0.1, 0.15) is 5.56 Å². The van der Waals surface area contributed by atoms with Crippen molar-refractivity contribution in [1.82, 2.24) is 4.98 Å². The normalized spacial score (nSPS) is 9.64. The van der Waals surface area contributed by atoms with Gasteiger partial charge in [-0.1, -0.05) is 0 Å². The van der Waals surface area contributed by atoms with Gasteiger partial charge in [0.25, 0.3) is 0 Å². The van der Waals surface area contributed by atoms with Crippen LogP contribution in [0.25, 0.3) is 0 Å². The van der Waals surface area contributed by atoms with Crippen molar-refractivity contribution in [2.75, 3.05) is 0 Å². The minimum atomic E-state index is -0.514. The first kappa shape index (κ1) is 8.13. The second kappa shape index (κ2) is 2.96. The van der Waals surface area contributed by atoms with E-state index in [0.29, 0.717) is 0 Å². The Morgan fingerprint density at radius 2 is 2.36 bits per heavy atom. The Labute approximate surface area is 71.5 Å². The lowest BCUT2D eigenvalue weighted by molar-refractivity contribution is -0.389. The number of hydrogen-bond donors (Lipinski definition) is 0. The van der Waals surface area contributed by atoms with E-state index in [0.717, 1.165) is 10.0 Å². The Morgan fingerprint density at radius 1 is 1.73 bits per heavy atom. The first-order valence-corrected chi connectivity index (χ1v) is 3.67. The average molecular weight is 217 g/mol. The monoisotopic (exact) mass is 216 g/mol. The van der Waals surface area contributed by atoms with Crippen LogP contribution in [0.5, 0.6) is 0 Å². The van der Waals surface area contributed by atoms with Crippen LogP contribution in [-0.4, -0.2) is 9.91 Å². The van der Waals surface area contributed by atoms with Crippen molar-refractivity contribution in [1.29, 1.82) is 0 Å². The third-order valence-electron chi connectivity index (χ3n) is 1.22. The lowest BCUT2D eigenvalue weighted by atomic mass is 10.3. The van der Waals surface area contributed by atoms with Gasteiger partial charge in [0.1, 0.15) is 0 Å². The van der Waals surface area contributed by atoms with Gasteiger partial charge in [-0.15, -0.1) is 0 Å². The summed E-state index contributed by atoms with van der Waals surface area (Å²) in [4.78, 5) is 13.3. The fourth-order valence-electron chi connectivity index (χ4n) is 0.624. The molecule has 0 aliphatic carbocycles. The summed E-state index contributed by atoms with van der Waals surface area (Å²) in [6.07, 6.45) is 1.42. The molecule has 0 amide bonds. The Kier molecular flexibility index (Phi) is 2.19. The number of aromatic nitrogens is 1. The zero-order chi connectivity index (χ0) is 8.43. The molecule has 0 aromatic carbocycles. The molecule has 0 bridgehead atoms. The van der Waals surface area contributed by atoms with E-state index in [9.17, 15) is 10.1 Å². The molecule has 1 heterocycles. The van der Waals surface area contributed by atoms with Gasteiger partial charge in [0.2, 0.25) is 0 Å². The highest BCUT2D eigenvalue weighted by atomic mass is 79.9. The van der Waals surface area contributed by atoms with Crippen molar-refractivity contribution >= 4 is 21.7 Å². The molecular formula is C6H5BrN2O2. The van der Waals surface area contributed by atoms with Gasteiger partial charge in [-0.05, 0) is 38.3 Å².